The summed E-state index contributed by atoms with van der Waals surface area (Å²) in [5.74, 6) is 0. The minimum atomic E-state index is -2.32. The van der Waals surface area contributed by atoms with Crippen LogP contribution in [0.5, 0.6) is 0 Å². The van der Waals surface area contributed by atoms with Gasteiger partial charge < -0.3 is 33.5 Å². The van der Waals surface area contributed by atoms with Crippen molar-refractivity contribution in [1.29, 1.82) is 0 Å². The highest BCUT2D eigenvalue weighted by Crippen LogP contribution is 2.28. The van der Waals surface area contributed by atoms with Crippen molar-refractivity contribution in [2.45, 2.75) is 155 Å². The van der Waals surface area contributed by atoms with Gasteiger partial charge in [0.05, 0.1) is 0 Å². The van der Waals surface area contributed by atoms with Crippen LogP contribution in [0, 0.1) is 0 Å². The van der Waals surface area contributed by atoms with Gasteiger partial charge in [0.2, 0.25) is 0 Å². The molecule has 0 saturated carbocycles. The van der Waals surface area contributed by atoms with Gasteiger partial charge in [-0.15, -0.1) is 0 Å². The van der Waals surface area contributed by atoms with Gasteiger partial charge in [-0.25, -0.2) is 0 Å². The third kappa shape index (κ3) is 21.3. The van der Waals surface area contributed by atoms with Gasteiger partial charge in [0, 0.05) is 14.2 Å². The molecule has 0 heterocycles. The molecule has 0 bridgehead atoms. The monoisotopic (exact) mass is 734 g/mol. The lowest BCUT2D eigenvalue weighted by molar-refractivity contribution is 0.263. The Morgan fingerprint density at radius 2 is 0.500 bits per heavy atom. The van der Waals surface area contributed by atoms with Gasteiger partial charge in [0.1, 0.15) is 0 Å². The van der Waals surface area contributed by atoms with Crippen LogP contribution in [0.1, 0.15) is 38.5 Å². The number of rotatable bonds is 23. The smallest absolute Gasteiger partial charge is 0.322 e. The first-order valence-corrected chi connectivity index (χ1v) is 39.0. The minimum absolute atomic E-state index is 1.18. The Kier molecular flexibility index (Phi) is 17.6. The fourth-order valence-electron chi connectivity index (χ4n) is 5.78. The van der Waals surface area contributed by atoms with Crippen molar-refractivity contribution in [2.24, 2.45) is 0 Å². The maximum Gasteiger partial charge on any atom is 0.322 e. The van der Waals surface area contributed by atoms with Crippen molar-refractivity contribution < 1.29 is 33.5 Å². The van der Waals surface area contributed by atoms with Gasteiger partial charge in [-0.1, -0.05) is 38.5 Å². The summed E-state index contributed by atoms with van der Waals surface area (Å²) in [6.07, 6.45) is 7.58. The quantitative estimate of drug-likeness (QED) is 0.0760. The average Bonchev–Trinajstić information content (AvgIpc) is 2.70. The van der Waals surface area contributed by atoms with E-state index in [9.17, 15) is 0 Å². The molecule has 0 aromatic carbocycles. The Balaban J connectivity index is 4.46. The standard InChI is InChI=1S/C26H70O8Si8/c1-27-37(7,8)31-41(15,16)33-39(11,12)29-35(3,4)25-23-21-19-20-22-24-26-36(5,6)30-40(13,14)34-42(17,18)32-38(9,10)28-2/h19-26H2,1-18H3. The van der Waals surface area contributed by atoms with E-state index in [1.165, 1.54) is 50.6 Å². The number of hydrogen-bond acceptors (Lipinski definition) is 8. The minimum Gasteiger partial charge on any atom is -0.436 e. The molecule has 0 spiro atoms. The summed E-state index contributed by atoms with van der Waals surface area (Å²) in [7, 11) is -13.7. The van der Waals surface area contributed by atoms with Gasteiger partial charge in [-0.05, 0) is 117 Å². The van der Waals surface area contributed by atoms with E-state index in [-0.39, 0.29) is 0 Å². The first-order chi connectivity index (χ1) is 18.6. The van der Waals surface area contributed by atoms with E-state index in [0.29, 0.717) is 0 Å². The second-order valence-electron chi connectivity index (χ2n) is 15.6. The zero-order valence-electron chi connectivity index (χ0n) is 30.9. The highest BCUT2D eigenvalue weighted by Gasteiger charge is 2.45. The highest BCUT2D eigenvalue weighted by atomic mass is 28.5. The van der Waals surface area contributed by atoms with E-state index in [4.69, 9.17) is 33.5 Å². The van der Waals surface area contributed by atoms with Crippen LogP contribution in [0.15, 0.2) is 0 Å². The fraction of sp³-hybridized carbons (Fsp3) is 1.00. The van der Waals surface area contributed by atoms with E-state index in [0.717, 1.165) is 0 Å². The van der Waals surface area contributed by atoms with E-state index in [1.54, 1.807) is 14.2 Å². The Bertz CT molecular complexity index is 728. The summed E-state index contributed by atoms with van der Waals surface area (Å²) >= 11 is 0. The van der Waals surface area contributed by atoms with Crippen LogP contribution in [0.25, 0.3) is 0 Å². The third-order valence-electron chi connectivity index (χ3n) is 6.80. The van der Waals surface area contributed by atoms with Gasteiger partial charge in [0.15, 0.2) is 16.6 Å². The Morgan fingerprint density at radius 3 is 0.762 bits per heavy atom. The summed E-state index contributed by atoms with van der Waals surface area (Å²) in [4.78, 5) is 0. The van der Waals surface area contributed by atoms with Crippen LogP contribution in [0.3, 0.4) is 0 Å². The van der Waals surface area contributed by atoms with Gasteiger partial charge in [0.25, 0.3) is 0 Å². The van der Waals surface area contributed by atoms with Crippen LogP contribution < -0.4 is 0 Å². The zero-order chi connectivity index (χ0) is 33.3. The van der Waals surface area contributed by atoms with Crippen molar-refractivity contribution in [3.05, 3.63) is 0 Å². The second kappa shape index (κ2) is 17.0. The molecule has 254 valence electrons. The highest BCUT2D eigenvalue weighted by molar-refractivity contribution is 6.89. The van der Waals surface area contributed by atoms with E-state index >= 15 is 0 Å². The Labute approximate surface area is 270 Å². The van der Waals surface area contributed by atoms with Crippen molar-refractivity contribution in [3.8, 4) is 0 Å². The molecule has 0 aliphatic rings. The first kappa shape index (κ1) is 43.4. The van der Waals surface area contributed by atoms with E-state index in [2.05, 4.69) is 105 Å². The lowest BCUT2D eigenvalue weighted by Gasteiger charge is -2.40. The predicted molar refractivity (Wildman–Crippen MR) is 198 cm³/mol. The summed E-state index contributed by atoms with van der Waals surface area (Å²) in [5.41, 5.74) is 0. The SMILES string of the molecule is CO[Si](C)(C)O[Si](C)(C)O[Si](C)(C)O[Si](C)(C)CCCCCCCC[Si](C)(C)O[Si](C)(C)O[Si](C)(C)O[Si](C)(C)OC. The molecule has 0 aromatic rings. The molecule has 0 saturated heterocycles. The Morgan fingerprint density at radius 1 is 0.286 bits per heavy atom. The van der Waals surface area contributed by atoms with Crippen molar-refractivity contribution in [1.82, 2.24) is 0 Å². The summed E-state index contributed by atoms with van der Waals surface area (Å²) in [6, 6.07) is 2.35. The summed E-state index contributed by atoms with van der Waals surface area (Å²) in [5, 5.41) is 0. The second-order valence-corrected chi connectivity index (χ2v) is 46.1. The molecule has 42 heavy (non-hydrogen) atoms. The maximum absolute atomic E-state index is 6.75. The largest absolute Gasteiger partial charge is 0.436 e. The van der Waals surface area contributed by atoms with Crippen molar-refractivity contribution >= 4 is 68.0 Å². The topological polar surface area (TPSA) is 73.8 Å². The van der Waals surface area contributed by atoms with Crippen molar-refractivity contribution in [3.63, 3.8) is 0 Å². The van der Waals surface area contributed by atoms with Crippen molar-refractivity contribution in [2.75, 3.05) is 14.2 Å². The molecule has 0 N–H and O–H groups in total. The lowest BCUT2D eigenvalue weighted by Crippen LogP contribution is -2.56. The predicted octanol–water partition coefficient (Wildman–Crippen LogP) is 9.34. The molecule has 8 nitrogen and oxygen atoms in total. The molecule has 0 fully saturated rings. The van der Waals surface area contributed by atoms with E-state index in [1.807, 2.05) is 0 Å². The van der Waals surface area contributed by atoms with Crippen LogP contribution in [-0.2, 0) is 33.5 Å². The molecule has 0 amide bonds. The third-order valence-corrected chi connectivity index (χ3v) is 36.0. The summed E-state index contributed by atoms with van der Waals surface area (Å²) in [6.45, 7) is 34.8. The lowest BCUT2D eigenvalue weighted by atomic mass is 10.1. The molecule has 0 aliphatic heterocycles. The van der Waals surface area contributed by atoms with Gasteiger partial charge in [-0.2, -0.15) is 0 Å². The molecule has 0 radical (unpaired) electrons. The molecular formula is C26H70O8Si8. The molecule has 0 atom stereocenters. The Hall–Kier alpha value is 1.42. The molecule has 0 rings (SSSR count). The van der Waals surface area contributed by atoms with Gasteiger partial charge >= 0.3 is 51.4 Å². The maximum atomic E-state index is 6.75. The van der Waals surface area contributed by atoms with Crippen LogP contribution >= 0.6 is 0 Å². The average molecular weight is 736 g/mol. The fourth-order valence-corrected chi connectivity index (χ4v) is 41.2. The molecule has 16 heteroatoms. The molecular weight excluding hydrogens is 665 g/mol. The van der Waals surface area contributed by atoms with Gasteiger partial charge in [-0.3, -0.25) is 0 Å². The molecule has 0 aromatic heterocycles. The normalized spacial score (nSPS) is 15.0. The van der Waals surface area contributed by atoms with E-state index < -0.39 is 68.0 Å². The number of unbranched alkanes of at least 4 members (excludes halogenated alkanes) is 5. The zero-order valence-corrected chi connectivity index (χ0v) is 38.9. The molecule has 0 aliphatic carbocycles. The van der Waals surface area contributed by atoms with Crippen LogP contribution in [0.2, 0.25) is 117 Å². The van der Waals surface area contributed by atoms with Crippen LogP contribution in [-0.4, -0.2) is 82.2 Å². The van der Waals surface area contributed by atoms with Crippen LogP contribution in [0.4, 0.5) is 0 Å². The number of hydrogen-bond donors (Lipinski definition) is 0. The first-order valence-electron chi connectivity index (χ1n) is 15.9. The molecule has 0 unspecified atom stereocenters. The summed E-state index contributed by atoms with van der Waals surface area (Å²) < 4.78 is 50.5.